The molecule has 1 aliphatic carbocycles. The van der Waals surface area contributed by atoms with Gasteiger partial charge in [0.1, 0.15) is 0 Å². The van der Waals surface area contributed by atoms with Gasteiger partial charge in [-0.2, -0.15) is 15.0 Å². The van der Waals surface area contributed by atoms with Gasteiger partial charge in [-0.1, -0.05) is 50.8 Å². The monoisotopic (exact) mass is 487 g/mol. The third kappa shape index (κ3) is 6.68. The van der Waals surface area contributed by atoms with Crippen molar-refractivity contribution in [2.75, 3.05) is 35.3 Å². The maximum Gasteiger partial charge on any atom is 0.233 e. The fourth-order valence-corrected chi connectivity index (χ4v) is 5.62. The fraction of sp³-hybridized carbons (Fsp3) is 0.565. The minimum atomic E-state index is -0.501. The summed E-state index contributed by atoms with van der Waals surface area (Å²) in [6.45, 7) is 5.22. The average molecular weight is 488 g/mol. The number of aliphatic hydroxyl groups is 1. The maximum atomic E-state index is 9.66. The third-order valence-electron chi connectivity index (χ3n) is 6.03. The van der Waals surface area contributed by atoms with E-state index >= 15 is 0 Å². The Hall–Kier alpha value is -2.17. The number of nitrogens with zero attached hydrogens (tertiary/aromatic N) is 4. The topological polar surface area (TPSA) is 108 Å². The van der Waals surface area contributed by atoms with Crippen LogP contribution in [0.3, 0.4) is 0 Å². The Balaban J connectivity index is 1.50. The molecule has 1 aromatic carbocycles. The molecule has 0 amide bonds. The molecule has 0 saturated heterocycles. The van der Waals surface area contributed by atoms with Gasteiger partial charge in [0.05, 0.1) is 16.3 Å². The highest BCUT2D eigenvalue weighted by atomic mass is 32.2. The van der Waals surface area contributed by atoms with Gasteiger partial charge in [0.2, 0.25) is 17.8 Å². The van der Waals surface area contributed by atoms with Crippen molar-refractivity contribution >= 4 is 56.8 Å². The highest BCUT2D eigenvalue weighted by Gasteiger charge is 2.20. The Morgan fingerprint density at radius 3 is 2.39 bits per heavy atom. The minimum Gasteiger partial charge on any atom is -0.392 e. The molecule has 1 aliphatic rings. The number of hydrogen-bond donors (Lipinski definition) is 4. The molecule has 2 atom stereocenters. The SMILES string of the molecule is CSc1nc2cc(Nc3nc(NC[C@H](C)O)nc(NC[C@H](C)C4CCCCC4)n3)ccc2s1. The van der Waals surface area contributed by atoms with Gasteiger partial charge in [-0.3, -0.25) is 0 Å². The lowest BCUT2D eigenvalue weighted by Crippen LogP contribution is -2.24. The third-order valence-corrected chi connectivity index (χ3v) is 8.05. The van der Waals surface area contributed by atoms with E-state index in [1.54, 1.807) is 30.0 Å². The van der Waals surface area contributed by atoms with Gasteiger partial charge >= 0.3 is 0 Å². The van der Waals surface area contributed by atoms with Crippen molar-refractivity contribution < 1.29 is 5.11 Å². The molecule has 2 heterocycles. The van der Waals surface area contributed by atoms with Crippen LogP contribution >= 0.6 is 23.1 Å². The van der Waals surface area contributed by atoms with E-state index in [1.165, 1.54) is 32.1 Å². The lowest BCUT2D eigenvalue weighted by molar-refractivity contribution is 0.208. The number of aromatic nitrogens is 4. The molecule has 3 aromatic rings. The number of anilines is 4. The number of rotatable bonds is 10. The number of nitrogens with one attached hydrogen (secondary N) is 3. The molecule has 1 saturated carbocycles. The summed E-state index contributed by atoms with van der Waals surface area (Å²) in [5, 5.41) is 19.5. The van der Waals surface area contributed by atoms with Gasteiger partial charge in [-0.25, -0.2) is 4.98 Å². The Bertz CT molecular complexity index is 1050. The smallest absolute Gasteiger partial charge is 0.233 e. The molecule has 4 rings (SSSR count). The van der Waals surface area contributed by atoms with Crippen LogP contribution < -0.4 is 16.0 Å². The van der Waals surface area contributed by atoms with Crippen molar-refractivity contribution in [3.63, 3.8) is 0 Å². The molecule has 0 unspecified atom stereocenters. The van der Waals surface area contributed by atoms with Gasteiger partial charge < -0.3 is 21.1 Å². The Labute approximate surface area is 203 Å². The van der Waals surface area contributed by atoms with Gasteiger partial charge in [0.25, 0.3) is 0 Å². The number of hydrogen-bond acceptors (Lipinski definition) is 10. The van der Waals surface area contributed by atoms with Crippen LogP contribution in [0, 0.1) is 11.8 Å². The summed E-state index contributed by atoms with van der Waals surface area (Å²) in [4.78, 5) is 18.3. The highest BCUT2D eigenvalue weighted by molar-refractivity contribution is 8.00. The first kappa shape index (κ1) is 24.0. The van der Waals surface area contributed by atoms with E-state index in [1.807, 2.05) is 18.4 Å². The Morgan fingerprint density at radius 2 is 1.70 bits per heavy atom. The van der Waals surface area contributed by atoms with Crippen LogP contribution in [-0.4, -0.2) is 50.5 Å². The fourth-order valence-electron chi connectivity index (χ4n) is 4.15. The number of benzene rings is 1. The first-order valence-electron chi connectivity index (χ1n) is 11.6. The second kappa shape index (κ2) is 11.3. The van der Waals surface area contributed by atoms with Crippen LogP contribution in [0.4, 0.5) is 23.5 Å². The van der Waals surface area contributed by atoms with Crippen molar-refractivity contribution in [2.24, 2.45) is 11.8 Å². The lowest BCUT2D eigenvalue weighted by atomic mass is 9.81. The normalized spacial score (nSPS) is 16.5. The van der Waals surface area contributed by atoms with Crippen molar-refractivity contribution in [1.82, 2.24) is 19.9 Å². The zero-order valence-electron chi connectivity index (χ0n) is 19.5. The molecular formula is C23H33N7OS2. The second-order valence-electron chi connectivity index (χ2n) is 8.78. The molecule has 8 nitrogen and oxygen atoms in total. The minimum absolute atomic E-state index is 0.365. The molecule has 10 heteroatoms. The maximum absolute atomic E-state index is 9.66. The van der Waals surface area contributed by atoms with E-state index in [2.05, 4.69) is 48.9 Å². The summed E-state index contributed by atoms with van der Waals surface area (Å²) >= 11 is 3.34. The Kier molecular flexibility index (Phi) is 8.21. The first-order valence-corrected chi connectivity index (χ1v) is 13.7. The average Bonchev–Trinajstić information content (AvgIpc) is 3.24. The molecule has 0 spiro atoms. The van der Waals surface area contributed by atoms with Crippen molar-refractivity contribution in [3.8, 4) is 0 Å². The summed E-state index contributed by atoms with van der Waals surface area (Å²) in [5.74, 6) is 2.73. The lowest BCUT2D eigenvalue weighted by Gasteiger charge is -2.27. The highest BCUT2D eigenvalue weighted by Crippen LogP contribution is 2.31. The molecule has 0 aliphatic heterocycles. The van der Waals surface area contributed by atoms with Crippen LogP contribution in [0.1, 0.15) is 46.0 Å². The molecular weight excluding hydrogens is 454 g/mol. The standard InChI is InChI=1S/C23H33N7OS2/c1-14(16-7-5-4-6-8-16)12-24-20-28-21(25-13-15(2)31)30-22(29-20)26-17-9-10-19-18(11-17)27-23(32-3)33-19/h9-11,14-16,31H,4-8,12-13H2,1-3H3,(H3,24,25,26,28,29,30)/t14-,15-/m0/s1. The van der Waals surface area contributed by atoms with E-state index in [4.69, 9.17) is 0 Å². The summed E-state index contributed by atoms with van der Waals surface area (Å²) in [7, 11) is 0. The largest absolute Gasteiger partial charge is 0.392 e. The Morgan fingerprint density at radius 1 is 1.00 bits per heavy atom. The number of fused-ring (bicyclic) bond motifs is 1. The van der Waals surface area contributed by atoms with Gasteiger partial charge in [-0.05, 0) is 43.2 Å². The molecule has 0 bridgehead atoms. The zero-order valence-corrected chi connectivity index (χ0v) is 21.1. The van der Waals surface area contributed by atoms with E-state index in [9.17, 15) is 5.11 Å². The van der Waals surface area contributed by atoms with E-state index in [0.717, 1.165) is 32.7 Å². The van der Waals surface area contributed by atoms with E-state index in [0.29, 0.717) is 30.3 Å². The number of aliphatic hydroxyl groups excluding tert-OH is 1. The number of thiazole rings is 1. The van der Waals surface area contributed by atoms with E-state index in [-0.39, 0.29) is 0 Å². The predicted octanol–water partition coefficient (Wildman–Crippen LogP) is 5.37. The summed E-state index contributed by atoms with van der Waals surface area (Å²) in [5.41, 5.74) is 1.82. The summed E-state index contributed by atoms with van der Waals surface area (Å²) in [6, 6.07) is 6.08. The van der Waals surface area contributed by atoms with Gasteiger partial charge in [0.15, 0.2) is 4.34 Å². The molecule has 4 N–H and O–H groups in total. The quantitative estimate of drug-likeness (QED) is 0.281. The van der Waals surface area contributed by atoms with E-state index < -0.39 is 6.10 Å². The number of thioether (sulfide) groups is 1. The van der Waals surface area contributed by atoms with Crippen LogP contribution in [0.5, 0.6) is 0 Å². The van der Waals surface area contributed by atoms with Crippen molar-refractivity contribution in [1.29, 1.82) is 0 Å². The molecule has 33 heavy (non-hydrogen) atoms. The van der Waals surface area contributed by atoms with Crippen LogP contribution in [0.15, 0.2) is 22.5 Å². The second-order valence-corrected chi connectivity index (χ2v) is 10.9. The van der Waals surface area contributed by atoms with Crippen LogP contribution in [-0.2, 0) is 0 Å². The molecule has 178 valence electrons. The zero-order chi connectivity index (χ0) is 23.2. The molecule has 1 fully saturated rings. The molecule has 0 radical (unpaired) electrons. The summed E-state index contributed by atoms with van der Waals surface area (Å²) < 4.78 is 2.20. The summed E-state index contributed by atoms with van der Waals surface area (Å²) in [6.07, 6.45) is 8.19. The van der Waals surface area contributed by atoms with Crippen LogP contribution in [0.25, 0.3) is 10.2 Å². The van der Waals surface area contributed by atoms with Crippen molar-refractivity contribution in [3.05, 3.63) is 18.2 Å². The first-order chi connectivity index (χ1) is 16.0. The molecule has 2 aromatic heterocycles. The van der Waals surface area contributed by atoms with Crippen LogP contribution in [0.2, 0.25) is 0 Å². The van der Waals surface area contributed by atoms with Crippen molar-refractivity contribution in [2.45, 2.75) is 56.4 Å². The predicted molar refractivity (Wildman–Crippen MR) is 139 cm³/mol. The van der Waals surface area contributed by atoms with Gasteiger partial charge in [-0.15, -0.1) is 11.3 Å². The van der Waals surface area contributed by atoms with Gasteiger partial charge in [0, 0.05) is 18.8 Å².